The van der Waals surface area contributed by atoms with Crippen molar-refractivity contribution in [1.82, 2.24) is 0 Å². The van der Waals surface area contributed by atoms with E-state index >= 15 is 0 Å². The molecule has 0 radical (unpaired) electrons. The molecule has 0 heterocycles. The third-order valence-electron chi connectivity index (χ3n) is 9.36. The van der Waals surface area contributed by atoms with E-state index in [9.17, 15) is 9.59 Å². The van der Waals surface area contributed by atoms with Crippen molar-refractivity contribution in [1.29, 1.82) is 0 Å². The molecule has 3 aromatic rings. The van der Waals surface area contributed by atoms with Crippen LogP contribution in [0.15, 0.2) is 85.0 Å². The lowest BCUT2D eigenvalue weighted by molar-refractivity contribution is -0.140. The summed E-state index contributed by atoms with van der Waals surface area (Å²) in [6.45, 7) is 13.5. The molecule has 1 aliphatic carbocycles. The van der Waals surface area contributed by atoms with Crippen LogP contribution in [-0.4, -0.2) is 23.7 Å². The van der Waals surface area contributed by atoms with Gasteiger partial charge in [0, 0.05) is 17.8 Å². The third-order valence-corrected chi connectivity index (χ3v) is 9.36. The Kier molecular flexibility index (Phi) is 13.6. The van der Waals surface area contributed by atoms with E-state index in [0.29, 0.717) is 17.1 Å². The minimum Gasteiger partial charge on any atom is -0.457 e. The Morgan fingerprint density at radius 3 is 1.74 bits per heavy atom. The minimum atomic E-state index is -0.429. The monoisotopic (exact) mass is 636 g/mol. The molecule has 0 saturated heterocycles. The summed E-state index contributed by atoms with van der Waals surface area (Å²) < 4.78 is 11.5. The van der Waals surface area contributed by atoms with Gasteiger partial charge in [-0.05, 0) is 109 Å². The van der Waals surface area contributed by atoms with Crippen molar-refractivity contribution >= 4 is 11.9 Å². The normalized spacial score (nSPS) is 16.0. The molecule has 3 aromatic carbocycles. The van der Waals surface area contributed by atoms with E-state index in [-0.39, 0.29) is 19.8 Å². The summed E-state index contributed by atoms with van der Waals surface area (Å²) in [7, 11) is 0. The van der Waals surface area contributed by atoms with Gasteiger partial charge >= 0.3 is 11.9 Å². The van der Waals surface area contributed by atoms with Crippen LogP contribution in [0.5, 0.6) is 0 Å². The number of aliphatic hydroxyl groups is 1. The molecule has 47 heavy (non-hydrogen) atoms. The Labute approximate surface area is 281 Å². The number of ether oxygens (including phenoxy) is 2. The molecule has 1 saturated carbocycles. The van der Waals surface area contributed by atoms with Crippen molar-refractivity contribution in [3.63, 3.8) is 0 Å². The summed E-state index contributed by atoms with van der Waals surface area (Å²) in [6, 6.07) is 21.2. The van der Waals surface area contributed by atoms with Crippen LogP contribution in [-0.2, 0) is 38.7 Å². The third kappa shape index (κ3) is 10.3. The summed E-state index contributed by atoms with van der Waals surface area (Å²) in [5, 5.41) is 9.16. The van der Waals surface area contributed by atoms with Crippen LogP contribution in [0.1, 0.15) is 107 Å². The highest BCUT2D eigenvalue weighted by molar-refractivity contribution is 5.87. The topological polar surface area (TPSA) is 72.8 Å². The molecule has 5 nitrogen and oxygen atoms in total. The van der Waals surface area contributed by atoms with Crippen LogP contribution >= 0.6 is 0 Å². The van der Waals surface area contributed by atoms with E-state index in [0.717, 1.165) is 65.0 Å². The van der Waals surface area contributed by atoms with Crippen LogP contribution in [0.2, 0.25) is 0 Å². The maximum atomic E-state index is 12.5. The smallest absolute Gasteiger partial charge is 0.333 e. The van der Waals surface area contributed by atoms with Gasteiger partial charge in [0.1, 0.15) is 13.2 Å². The van der Waals surface area contributed by atoms with Crippen LogP contribution in [0, 0.1) is 5.92 Å². The van der Waals surface area contributed by atoms with Crippen LogP contribution in [0.3, 0.4) is 0 Å². The van der Waals surface area contributed by atoms with E-state index in [1.54, 1.807) is 13.8 Å². The molecule has 1 fully saturated rings. The molecule has 0 aromatic heterocycles. The van der Waals surface area contributed by atoms with Gasteiger partial charge in [-0.1, -0.05) is 106 Å². The zero-order valence-corrected chi connectivity index (χ0v) is 28.6. The fourth-order valence-electron chi connectivity index (χ4n) is 6.61. The standard InChI is InChI=1S/C42H52O5/c1-6-7-8-10-31-14-18-35(19-15-31)37-25-38(27-46-41(44)29(2)3)40(39(26-37)28-47-42(45)30(4)5)36-22-20-34(21-23-36)33-16-12-32(13-17-33)11-9-24-43/h12-13,16-17,20-23,25-26,31,35,43H,2,4,6-11,14-15,18-19,24,27-28H2,1,3,5H3. The number of hydrogen-bond donors (Lipinski definition) is 1. The number of aliphatic hydroxyl groups excluding tert-OH is 1. The second-order valence-electron chi connectivity index (χ2n) is 13.2. The number of aryl methyl sites for hydroxylation is 1. The molecule has 4 rings (SSSR count). The summed E-state index contributed by atoms with van der Waals surface area (Å²) in [4.78, 5) is 25.1. The SMILES string of the molecule is C=C(C)C(=O)OCc1cc(C2CCC(CCCCC)CC2)cc(COC(=O)C(=C)C)c1-c1ccc(-c2ccc(CCCO)cc2)cc1. The maximum absolute atomic E-state index is 12.5. The van der Waals surface area contributed by atoms with Crippen LogP contribution in [0.25, 0.3) is 22.3 Å². The Morgan fingerprint density at radius 1 is 0.745 bits per heavy atom. The molecule has 0 amide bonds. The number of rotatable bonds is 16. The Morgan fingerprint density at radius 2 is 1.26 bits per heavy atom. The second kappa shape index (κ2) is 17.8. The first-order valence-electron chi connectivity index (χ1n) is 17.3. The molecular weight excluding hydrogens is 584 g/mol. The Bertz CT molecular complexity index is 1460. The van der Waals surface area contributed by atoms with Crippen molar-refractivity contribution < 1.29 is 24.2 Å². The van der Waals surface area contributed by atoms with Crippen molar-refractivity contribution in [3.05, 3.63) is 107 Å². The molecule has 0 aliphatic heterocycles. The summed E-state index contributed by atoms with van der Waals surface area (Å²) in [5.41, 5.74) is 8.97. The summed E-state index contributed by atoms with van der Waals surface area (Å²) >= 11 is 0. The molecule has 0 spiro atoms. The molecule has 5 heteroatoms. The van der Waals surface area contributed by atoms with Gasteiger partial charge in [-0.3, -0.25) is 0 Å². The Balaban J connectivity index is 1.69. The average Bonchev–Trinajstić information content (AvgIpc) is 3.09. The Hall–Kier alpha value is -3.96. The first kappa shape index (κ1) is 35.9. The van der Waals surface area contributed by atoms with Gasteiger partial charge < -0.3 is 14.6 Å². The molecular formula is C42H52O5. The van der Waals surface area contributed by atoms with Crippen LogP contribution in [0.4, 0.5) is 0 Å². The number of esters is 2. The highest BCUT2D eigenvalue weighted by Gasteiger charge is 2.25. The predicted molar refractivity (Wildman–Crippen MR) is 191 cm³/mol. The zero-order chi connectivity index (χ0) is 33.8. The molecule has 0 bridgehead atoms. The number of carbonyl (C=O) groups is 2. The van der Waals surface area contributed by atoms with E-state index in [4.69, 9.17) is 14.6 Å². The van der Waals surface area contributed by atoms with Gasteiger partial charge in [-0.15, -0.1) is 0 Å². The van der Waals surface area contributed by atoms with Gasteiger partial charge in [0.2, 0.25) is 0 Å². The number of hydrogen-bond acceptors (Lipinski definition) is 5. The van der Waals surface area contributed by atoms with Crippen molar-refractivity contribution in [2.45, 2.75) is 104 Å². The number of carbonyl (C=O) groups excluding carboxylic acids is 2. The van der Waals surface area contributed by atoms with Gasteiger partial charge in [-0.2, -0.15) is 0 Å². The summed E-state index contributed by atoms with van der Waals surface area (Å²) in [6.07, 6.45) is 11.5. The molecule has 0 unspecified atom stereocenters. The highest BCUT2D eigenvalue weighted by atomic mass is 16.5. The quantitative estimate of drug-likeness (QED) is 0.0962. The van der Waals surface area contributed by atoms with Crippen LogP contribution < -0.4 is 0 Å². The molecule has 250 valence electrons. The lowest BCUT2D eigenvalue weighted by Crippen LogP contribution is -2.15. The lowest BCUT2D eigenvalue weighted by atomic mass is 9.76. The number of unbranched alkanes of at least 4 members (excludes halogenated alkanes) is 2. The van der Waals surface area contributed by atoms with E-state index in [1.165, 1.54) is 49.7 Å². The first-order chi connectivity index (χ1) is 22.7. The number of benzene rings is 3. The van der Waals surface area contributed by atoms with Gasteiger partial charge in [0.15, 0.2) is 0 Å². The minimum absolute atomic E-state index is 0.0969. The van der Waals surface area contributed by atoms with Gasteiger partial charge in [0.25, 0.3) is 0 Å². The molecule has 1 N–H and O–H groups in total. The fraction of sp³-hybridized carbons (Fsp3) is 0.429. The van der Waals surface area contributed by atoms with E-state index in [2.05, 4.69) is 80.7 Å². The summed E-state index contributed by atoms with van der Waals surface area (Å²) in [5.74, 6) is 0.337. The van der Waals surface area contributed by atoms with E-state index < -0.39 is 11.9 Å². The maximum Gasteiger partial charge on any atom is 0.333 e. The van der Waals surface area contributed by atoms with Crippen molar-refractivity contribution in [3.8, 4) is 22.3 Å². The molecule has 0 atom stereocenters. The fourth-order valence-corrected chi connectivity index (χ4v) is 6.61. The van der Waals surface area contributed by atoms with E-state index in [1.807, 2.05) is 0 Å². The van der Waals surface area contributed by atoms with Gasteiger partial charge in [-0.25, -0.2) is 9.59 Å². The van der Waals surface area contributed by atoms with Gasteiger partial charge in [0.05, 0.1) is 0 Å². The average molecular weight is 637 g/mol. The predicted octanol–water partition coefficient (Wildman–Crippen LogP) is 10.0. The highest BCUT2D eigenvalue weighted by Crippen LogP contribution is 2.41. The lowest BCUT2D eigenvalue weighted by Gasteiger charge is -2.30. The first-order valence-corrected chi connectivity index (χ1v) is 17.3. The molecule has 1 aliphatic rings. The van der Waals surface area contributed by atoms with Crippen molar-refractivity contribution in [2.75, 3.05) is 6.61 Å². The largest absolute Gasteiger partial charge is 0.457 e. The van der Waals surface area contributed by atoms with Crippen molar-refractivity contribution in [2.24, 2.45) is 5.92 Å². The second-order valence-corrected chi connectivity index (χ2v) is 13.2. The zero-order valence-electron chi connectivity index (χ0n) is 28.6.